The molecular formula is C14H18BrNO4. The molecule has 6 heteroatoms. The highest BCUT2D eigenvalue weighted by Gasteiger charge is 2.24. The second kappa shape index (κ2) is 6.45. The van der Waals surface area contributed by atoms with Crippen molar-refractivity contribution in [2.24, 2.45) is 0 Å². The molecule has 0 saturated carbocycles. The molecule has 0 unspecified atom stereocenters. The lowest BCUT2D eigenvalue weighted by Crippen LogP contribution is -2.44. The Bertz CT molecular complexity index is 481. The highest BCUT2D eigenvalue weighted by atomic mass is 79.9. The summed E-state index contributed by atoms with van der Waals surface area (Å²) in [6.07, 6.45) is 0.0620. The first-order valence-corrected chi connectivity index (χ1v) is 7.18. The summed E-state index contributed by atoms with van der Waals surface area (Å²) in [5.74, 6) is 1.12. The second-order valence-electron chi connectivity index (χ2n) is 4.63. The maximum Gasteiger partial charge on any atom is 0.254 e. The summed E-state index contributed by atoms with van der Waals surface area (Å²) in [6.45, 7) is 3.73. The molecule has 0 spiro atoms. The van der Waals surface area contributed by atoms with E-state index >= 15 is 0 Å². The van der Waals surface area contributed by atoms with Gasteiger partial charge in [0.2, 0.25) is 0 Å². The van der Waals surface area contributed by atoms with E-state index in [9.17, 15) is 4.79 Å². The van der Waals surface area contributed by atoms with E-state index in [1.807, 2.05) is 6.92 Å². The number of hydrogen-bond acceptors (Lipinski definition) is 4. The molecule has 0 aliphatic carbocycles. The van der Waals surface area contributed by atoms with Crippen LogP contribution in [0.15, 0.2) is 16.6 Å². The Morgan fingerprint density at radius 2 is 1.95 bits per heavy atom. The molecule has 0 radical (unpaired) electrons. The van der Waals surface area contributed by atoms with E-state index in [0.29, 0.717) is 41.2 Å². The van der Waals surface area contributed by atoms with E-state index < -0.39 is 0 Å². The molecule has 1 aromatic carbocycles. The average molecular weight is 344 g/mol. The lowest BCUT2D eigenvalue weighted by Gasteiger charge is -2.31. The summed E-state index contributed by atoms with van der Waals surface area (Å²) in [5, 5.41) is 0. The van der Waals surface area contributed by atoms with Crippen molar-refractivity contribution in [3.8, 4) is 11.5 Å². The van der Waals surface area contributed by atoms with E-state index in [4.69, 9.17) is 14.2 Å². The van der Waals surface area contributed by atoms with Gasteiger partial charge in [-0.15, -0.1) is 0 Å². The summed E-state index contributed by atoms with van der Waals surface area (Å²) in [7, 11) is 3.12. The van der Waals surface area contributed by atoms with Crippen LogP contribution in [0.3, 0.4) is 0 Å². The predicted molar refractivity (Wildman–Crippen MR) is 78.6 cm³/mol. The normalized spacial score (nSPS) is 18.8. The summed E-state index contributed by atoms with van der Waals surface area (Å²) in [6, 6.07) is 3.43. The van der Waals surface area contributed by atoms with Gasteiger partial charge in [-0.2, -0.15) is 0 Å². The van der Waals surface area contributed by atoms with Crippen molar-refractivity contribution in [3.63, 3.8) is 0 Å². The number of ether oxygens (including phenoxy) is 3. The van der Waals surface area contributed by atoms with E-state index in [1.54, 1.807) is 31.3 Å². The number of morpholine rings is 1. The van der Waals surface area contributed by atoms with E-state index in [2.05, 4.69) is 15.9 Å². The van der Waals surface area contributed by atoms with Crippen molar-refractivity contribution >= 4 is 21.8 Å². The number of amides is 1. The number of benzene rings is 1. The van der Waals surface area contributed by atoms with Crippen LogP contribution in [0.1, 0.15) is 17.3 Å². The van der Waals surface area contributed by atoms with Crippen molar-refractivity contribution in [3.05, 3.63) is 22.2 Å². The molecule has 1 fully saturated rings. The van der Waals surface area contributed by atoms with Crippen molar-refractivity contribution in [2.75, 3.05) is 33.9 Å². The van der Waals surface area contributed by atoms with Crippen LogP contribution in [0.4, 0.5) is 0 Å². The maximum absolute atomic E-state index is 12.5. The largest absolute Gasteiger partial charge is 0.495 e. The van der Waals surface area contributed by atoms with Gasteiger partial charge < -0.3 is 19.1 Å². The Balaban J connectivity index is 2.29. The smallest absolute Gasteiger partial charge is 0.254 e. The van der Waals surface area contributed by atoms with Crippen molar-refractivity contribution < 1.29 is 19.0 Å². The Morgan fingerprint density at radius 3 is 2.45 bits per heavy atom. The van der Waals surface area contributed by atoms with E-state index in [-0.39, 0.29) is 12.0 Å². The van der Waals surface area contributed by atoms with Gasteiger partial charge >= 0.3 is 0 Å². The monoisotopic (exact) mass is 343 g/mol. The molecule has 110 valence electrons. The van der Waals surface area contributed by atoms with E-state index in [1.165, 1.54) is 0 Å². The van der Waals surface area contributed by atoms with Crippen LogP contribution < -0.4 is 9.47 Å². The number of rotatable bonds is 3. The zero-order chi connectivity index (χ0) is 14.7. The summed E-state index contributed by atoms with van der Waals surface area (Å²) in [5.41, 5.74) is 0.552. The minimum Gasteiger partial charge on any atom is -0.495 e. The standard InChI is InChI=1S/C14H18BrNO4/c1-9-8-16(4-5-20-9)14(17)10-6-11(18-2)13(15)12(7-10)19-3/h6-7,9H,4-5,8H2,1-3H3/t9-/m0/s1. The molecule has 1 amide bonds. The Labute approximate surface area is 126 Å². The van der Waals surface area contributed by atoms with Crippen LogP contribution in [-0.2, 0) is 4.74 Å². The predicted octanol–water partition coefficient (Wildman–Crippen LogP) is 2.33. The van der Waals surface area contributed by atoms with Crippen molar-refractivity contribution in [1.82, 2.24) is 4.90 Å². The maximum atomic E-state index is 12.5. The average Bonchev–Trinajstić information content (AvgIpc) is 2.46. The quantitative estimate of drug-likeness (QED) is 0.845. The topological polar surface area (TPSA) is 48.0 Å². The zero-order valence-electron chi connectivity index (χ0n) is 11.8. The number of methoxy groups -OCH3 is 2. The van der Waals surface area contributed by atoms with Crippen molar-refractivity contribution in [1.29, 1.82) is 0 Å². The first kappa shape index (κ1) is 15.1. The highest BCUT2D eigenvalue weighted by molar-refractivity contribution is 9.10. The van der Waals surface area contributed by atoms with Gasteiger partial charge in [0.05, 0.1) is 26.9 Å². The molecule has 20 heavy (non-hydrogen) atoms. The van der Waals surface area contributed by atoms with Crippen molar-refractivity contribution in [2.45, 2.75) is 13.0 Å². The van der Waals surface area contributed by atoms with Gasteiger partial charge in [-0.3, -0.25) is 4.79 Å². The van der Waals surface area contributed by atoms with Crippen LogP contribution in [0.25, 0.3) is 0 Å². The summed E-state index contributed by atoms with van der Waals surface area (Å²) in [4.78, 5) is 14.3. The minimum absolute atomic E-state index is 0.0377. The lowest BCUT2D eigenvalue weighted by atomic mass is 10.1. The van der Waals surface area contributed by atoms with Gasteiger partial charge in [0.25, 0.3) is 5.91 Å². The first-order chi connectivity index (χ1) is 9.56. The first-order valence-electron chi connectivity index (χ1n) is 6.39. The Morgan fingerprint density at radius 1 is 1.35 bits per heavy atom. The fraction of sp³-hybridized carbons (Fsp3) is 0.500. The fourth-order valence-corrected chi connectivity index (χ4v) is 2.73. The molecule has 1 aromatic rings. The molecule has 1 aliphatic heterocycles. The third-order valence-electron chi connectivity index (χ3n) is 3.22. The minimum atomic E-state index is -0.0377. The molecule has 0 aromatic heterocycles. The third kappa shape index (κ3) is 3.07. The second-order valence-corrected chi connectivity index (χ2v) is 5.42. The molecule has 0 N–H and O–H groups in total. The van der Waals surface area contributed by atoms with Gasteiger partial charge in [-0.05, 0) is 35.0 Å². The van der Waals surface area contributed by atoms with Gasteiger partial charge in [0.1, 0.15) is 16.0 Å². The number of halogens is 1. The lowest BCUT2D eigenvalue weighted by molar-refractivity contribution is -0.0124. The fourth-order valence-electron chi connectivity index (χ4n) is 2.18. The molecule has 5 nitrogen and oxygen atoms in total. The van der Waals surface area contributed by atoms with Crippen LogP contribution in [-0.4, -0.2) is 50.8 Å². The highest BCUT2D eigenvalue weighted by Crippen LogP contribution is 2.36. The SMILES string of the molecule is COc1cc(C(=O)N2CCO[C@@H](C)C2)cc(OC)c1Br. The molecular weight excluding hydrogens is 326 g/mol. The van der Waals surface area contributed by atoms with Gasteiger partial charge in [0, 0.05) is 18.7 Å². The number of hydrogen-bond donors (Lipinski definition) is 0. The number of nitrogens with zero attached hydrogens (tertiary/aromatic N) is 1. The van der Waals surface area contributed by atoms with Gasteiger partial charge in [-0.25, -0.2) is 0 Å². The molecule has 1 aliphatic rings. The molecule has 2 rings (SSSR count). The summed E-state index contributed by atoms with van der Waals surface area (Å²) >= 11 is 3.40. The molecule has 1 atom stereocenters. The Hall–Kier alpha value is -1.27. The van der Waals surface area contributed by atoms with Gasteiger partial charge in [-0.1, -0.05) is 0 Å². The number of carbonyl (C=O) groups is 1. The van der Waals surface area contributed by atoms with E-state index in [0.717, 1.165) is 0 Å². The number of carbonyl (C=O) groups excluding carboxylic acids is 1. The molecule has 1 saturated heterocycles. The summed E-state index contributed by atoms with van der Waals surface area (Å²) < 4.78 is 16.7. The Kier molecular flexibility index (Phi) is 4.88. The van der Waals surface area contributed by atoms with Gasteiger partial charge in [0.15, 0.2) is 0 Å². The molecule has 0 bridgehead atoms. The van der Waals surface area contributed by atoms with Crippen LogP contribution in [0.2, 0.25) is 0 Å². The zero-order valence-corrected chi connectivity index (χ0v) is 13.4. The van der Waals surface area contributed by atoms with Crippen LogP contribution in [0, 0.1) is 0 Å². The van der Waals surface area contributed by atoms with Crippen LogP contribution in [0.5, 0.6) is 11.5 Å². The third-order valence-corrected chi connectivity index (χ3v) is 4.00. The molecule has 1 heterocycles. The van der Waals surface area contributed by atoms with Crippen LogP contribution >= 0.6 is 15.9 Å².